The van der Waals surface area contributed by atoms with Crippen molar-refractivity contribution in [2.75, 3.05) is 18.0 Å². The Morgan fingerprint density at radius 1 is 1.00 bits per heavy atom. The van der Waals surface area contributed by atoms with E-state index in [0.717, 1.165) is 48.4 Å². The number of anilines is 1. The van der Waals surface area contributed by atoms with Crippen LogP contribution in [-0.4, -0.2) is 34.7 Å². The molecule has 1 fully saturated rings. The SMILES string of the molecule is CCCCN(CCCC)c1ccc(-c2nc3ccccc3n2[C@H](C)C(=O)OC2CC(C)CCC2C(C)C)cc1. The van der Waals surface area contributed by atoms with Crippen molar-refractivity contribution in [2.24, 2.45) is 17.8 Å². The minimum absolute atomic E-state index is 0.0153. The fraction of sp³-hybridized carbons (Fsp3) is 0.588. The summed E-state index contributed by atoms with van der Waals surface area (Å²) in [5, 5.41) is 0. The topological polar surface area (TPSA) is 47.4 Å². The zero-order valence-electron chi connectivity index (χ0n) is 25.0. The number of carbonyl (C=O) groups is 1. The van der Waals surface area contributed by atoms with Gasteiger partial charge >= 0.3 is 5.97 Å². The van der Waals surface area contributed by atoms with Crippen molar-refractivity contribution in [2.45, 2.75) is 98.6 Å². The molecule has 5 nitrogen and oxygen atoms in total. The van der Waals surface area contributed by atoms with Crippen LogP contribution in [0.3, 0.4) is 0 Å². The first-order valence-corrected chi connectivity index (χ1v) is 15.4. The van der Waals surface area contributed by atoms with Gasteiger partial charge in [0.2, 0.25) is 0 Å². The summed E-state index contributed by atoms with van der Waals surface area (Å²) in [5.41, 5.74) is 4.13. The monoisotopic (exact) mass is 531 g/mol. The van der Waals surface area contributed by atoms with Gasteiger partial charge in [0.05, 0.1) is 11.0 Å². The molecular formula is C34H49N3O2. The number of para-hydroxylation sites is 2. The maximum Gasteiger partial charge on any atom is 0.329 e. The van der Waals surface area contributed by atoms with Gasteiger partial charge in [0.1, 0.15) is 18.0 Å². The molecule has 1 aliphatic carbocycles. The lowest BCUT2D eigenvalue weighted by Gasteiger charge is -2.37. The number of imidazole rings is 1. The molecule has 0 amide bonds. The van der Waals surface area contributed by atoms with Crippen molar-refractivity contribution < 1.29 is 9.53 Å². The van der Waals surface area contributed by atoms with E-state index in [1.807, 2.05) is 25.1 Å². The summed E-state index contributed by atoms with van der Waals surface area (Å²) in [6.45, 7) is 15.4. The lowest BCUT2D eigenvalue weighted by molar-refractivity contribution is -0.159. The van der Waals surface area contributed by atoms with Crippen molar-refractivity contribution in [1.29, 1.82) is 0 Å². The molecule has 3 unspecified atom stereocenters. The number of hydrogen-bond acceptors (Lipinski definition) is 4. The van der Waals surface area contributed by atoms with Crippen LogP contribution in [-0.2, 0) is 9.53 Å². The highest BCUT2D eigenvalue weighted by atomic mass is 16.5. The van der Waals surface area contributed by atoms with Crippen molar-refractivity contribution in [3.63, 3.8) is 0 Å². The quantitative estimate of drug-likeness (QED) is 0.219. The van der Waals surface area contributed by atoms with Crippen molar-refractivity contribution >= 4 is 22.7 Å². The van der Waals surface area contributed by atoms with E-state index < -0.39 is 6.04 Å². The number of nitrogens with zero attached hydrogens (tertiary/aromatic N) is 3. The highest BCUT2D eigenvalue weighted by molar-refractivity contribution is 5.85. The van der Waals surface area contributed by atoms with Gasteiger partial charge in [-0.3, -0.25) is 0 Å². The molecule has 1 aliphatic rings. The molecule has 1 aromatic heterocycles. The van der Waals surface area contributed by atoms with Gasteiger partial charge in [0.25, 0.3) is 0 Å². The van der Waals surface area contributed by atoms with Crippen LogP contribution in [0, 0.1) is 17.8 Å². The molecular weight excluding hydrogens is 482 g/mol. The van der Waals surface area contributed by atoms with E-state index >= 15 is 0 Å². The van der Waals surface area contributed by atoms with Crippen LogP contribution < -0.4 is 4.90 Å². The highest BCUT2D eigenvalue weighted by Gasteiger charge is 2.35. The van der Waals surface area contributed by atoms with Crippen molar-refractivity contribution in [1.82, 2.24) is 9.55 Å². The van der Waals surface area contributed by atoms with Crippen LogP contribution in [0.4, 0.5) is 5.69 Å². The number of esters is 1. The predicted molar refractivity (Wildman–Crippen MR) is 163 cm³/mol. The third-order valence-electron chi connectivity index (χ3n) is 8.61. The Bertz CT molecular complexity index is 1190. The predicted octanol–water partition coefficient (Wildman–Crippen LogP) is 8.67. The van der Waals surface area contributed by atoms with E-state index in [1.165, 1.54) is 37.8 Å². The summed E-state index contributed by atoms with van der Waals surface area (Å²) >= 11 is 0. The summed E-state index contributed by atoms with van der Waals surface area (Å²) in [4.78, 5) is 21.2. The molecule has 4 rings (SSSR count). The first-order valence-electron chi connectivity index (χ1n) is 15.4. The smallest absolute Gasteiger partial charge is 0.329 e. The minimum atomic E-state index is -0.470. The summed E-state index contributed by atoms with van der Waals surface area (Å²) < 4.78 is 8.37. The Balaban J connectivity index is 1.63. The minimum Gasteiger partial charge on any atom is -0.461 e. The molecule has 0 radical (unpaired) electrons. The first-order chi connectivity index (χ1) is 18.8. The number of aromatic nitrogens is 2. The largest absolute Gasteiger partial charge is 0.461 e. The second-order valence-corrected chi connectivity index (χ2v) is 12.0. The number of ether oxygens (including phenoxy) is 1. The molecule has 2 aromatic carbocycles. The summed E-state index contributed by atoms with van der Waals surface area (Å²) in [6.07, 6.45) is 8.05. The lowest BCUT2D eigenvalue weighted by atomic mass is 9.75. The zero-order chi connectivity index (χ0) is 27.9. The van der Waals surface area contributed by atoms with Gasteiger partial charge < -0.3 is 14.2 Å². The van der Waals surface area contributed by atoms with Crippen molar-refractivity contribution in [3.05, 3.63) is 48.5 Å². The maximum absolute atomic E-state index is 13.7. The maximum atomic E-state index is 13.7. The second-order valence-electron chi connectivity index (χ2n) is 12.0. The van der Waals surface area contributed by atoms with Crippen LogP contribution >= 0.6 is 0 Å². The fourth-order valence-electron chi connectivity index (χ4n) is 6.13. The van der Waals surface area contributed by atoms with Crippen LogP contribution in [0.5, 0.6) is 0 Å². The van der Waals surface area contributed by atoms with Gasteiger partial charge in [-0.15, -0.1) is 0 Å². The third kappa shape index (κ3) is 6.85. The standard InChI is InChI=1S/C34H49N3O2/c1-7-9-21-36(22-10-8-2)28-18-16-27(17-19-28)33-35-30-13-11-12-14-31(30)37(33)26(6)34(38)39-32-23-25(5)15-20-29(32)24(3)4/h11-14,16-19,24-26,29,32H,7-10,15,20-23H2,1-6H3/t25?,26-,29?,32?/m1/s1. The molecule has 1 heterocycles. The molecule has 0 N–H and O–H groups in total. The lowest BCUT2D eigenvalue weighted by Crippen LogP contribution is -2.37. The van der Waals surface area contributed by atoms with E-state index in [4.69, 9.17) is 9.72 Å². The summed E-state index contributed by atoms with van der Waals surface area (Å²) in [5.74, 6) is 2.17. The van der Waals surface area contributed by atoms with Crippen molar-refractivity contribution in [3.8, 4) is 11.4 Å². The number of carbonyl (C=O) groups excluding carboxylic acids is 1. The van der Waals surface area contributed by atoms with Crippen LogP contribution in [0.2, 0.25) is 0 Å². The molecule has 5 heteroatoms. The van der Waals surface area contributed by atoms with Gasteiger partial charge in [-0.1, -0.05) is 66.0 Å². The molecule has 0 saturated heterocycles. The number of hydrogen-bond donors (Lipinski definition) is 0. The normalized spacial score (nSPS) is 20.3. The van der Waals surface area contributed by atoms with Gasteiger partial charge in [-0.2, -0.15) is 0 Å². The van der Waals surface area contributed by atoms with Crippen LogP contribution in [0.1, 0.15) is 92.5 Å². The fourth-order valence-corrected chi connectivity index (χ4v) is 6.13. The average Bonchev–Trinajstić information content (AvgIpc) is 3.32. The van der Waals surface area contributed by atoms with E-state index in [1.54, 1.807) is 0 Å². The van der Waals surface area contributed by atoms with E-state index in [9.17, 15) is 4.79 Å². The molecule has 0 spiro atoms. The summed E-state index contributed by atoms with van der Waals surface area (Å²) in [6, 6.07) is 16.4. The molecule has 4 atom stereocenters. The average molecular weight is 532 g/mol. The van der Waals surface area contributed by atoms with Crippen LogP contribution in [0.15, 0.2) is 48.5 Å². The van der Waals surface area contributed by atoms with Gasteiger partial charge in [-0.25, -0.2) is 9.78 Å². The number of fused-ring (bicyclic) bond motifs is 1. The Labute approximate surface area is 236 Å². The highest BCUT2D eigenvalue weighted by Crippen LogP contribution is 2.37. The molecule has 1 saturated carbocycles. The van der Waals surface area contributed by atoms with E-state index in [-0.39, 0.29) is 12.1 Å². The zero-order valence-corrected chi connectivity index (χ0v) is 25.0. The molecule has 0 bridgehead atoms. The van der Waals surface area contributed by atoms with Gasteiger partial charge in [0, 0.05) is 24.3 Å². The first kappa shape index (κ1) is 29.2. The van der Waals surface area contributed by atoms with Gasteiger partial charge in [0.15, 0.2) is 0 Å². The Kier molecular flexibility index (Phi) is 10.1. The second kappa shape index (κ2) is 13.5. The van der Waals surface area contributed by atoms with Gasteiger partial charge in [-0.05, 0) is 86.8 Å². The Hall–Kier alpha value is -2.82. The number of benzene rings is 2. The Morgan fingerprint density at radius 3 is 2.31 bits per heavy atom. The molecule has 3 aromatic rings. The summed E-state index contributed by atoms with van der Waals surface area (Å²) in [7, 11) is 0. The third-order valence-corrected chi connectivity index (χ3v) is 8.61. The van der Waals surface area contributed by atoms with Crippen LogP contribution in [0.25, 0.3) is 22.4 Å². The molecule has 212 valence electrons. The van der Waals surface area contributed by atoms with E-state index in [2.05, 4.69) is 74.4 Å². The number of unbranched alkanes of at least 4 members (excludes halogenated alkanes) is 2. The molecule has 0 aliphatic heterocycles. The molecule has 39 heavy (non-hydrogen) atoms. The number of rotatable bonds is 12. The Morgan fingerprint density at radius 2 is 1.67 bits per heavy atom. The van der Waals surface area contributed by atoms with E-state index in [0.29, 0.717) is 17.8 Å².